The van der Waals surface area contributed by atoms with Crippen LogP contribution in [0.3, 0.4) is 0 Å². The van der Waals surface area contributed by atoms with Gasteiger partial charge in [0.15, 0.2) is 0 Å². The van der Waals surface area contributed by atoms with Crippen molar-refractivity contribution in [2.24, 2.45) is 0 Å². The van der Waals surface area contributed by atoms with Crippen LogP contribution in [0.2, 0.25) is 5.02 Å². The van der Waals surface area contributed by atoms with Gasteiger partial charge >= 0.3 is 0 Å². The number of nitrogens with one attached hydrogen (secondary N) is 1. The number of piperazine rings is 1. The fourth-order valence-electron chi connectivity index (χ4n) is 1.76. The summed E-state index contributed by atoms with van der Waals surface area (Å²) < 4.78 is 25.8. The normalized spacial score (nSPS) is 16.7. The Hall–Kier alpha value is -1.62. The van der Waals surface area contributed by atoms with Gasteiger partial charge in [-0.2, -0.15) is 9.57 Å². The molecule has 2 rings (SSSR count). The Balaban J connectivity index is 2.47. The van der Waals surface area contributed by atoms with E-state index in [1.54, 1.807) is 0 Å². The third-order valence-corrected chi connectivity index (χ3v) is 4.81. The first-order chi connectivity index (χ1) is 8.95. The molecular formula is C11H10ClN3O3S. The van der Waals surface area contributed by atoms with Crippen LogP contribution in [0.5, 0.6) is 0 Å². The van der Waals surface area contributed by atoms with Gasteiger partial charge in [0, 0.05) is 18.1 Å². The summed E-state index contributed by atoms with van der Waals surface area (Å²) in [5, 5.41) is 11.7. The van der Waals surface area contributed by atoms with Crippen molar-refractivity contribution in [3.05, 3.63) is 28.8 Å². The summed E-state index contributed by atoms with van der Waals surface area (Å²) in [6, 6.07) is 5.83. The average Bonchev–Trinajstić information content (AvgIpc) is 2.38. The molecule has 1 fully saturated rings. The lowest BCUT2D eigenvalue weighted by atomic mass is 10.2. The number of hydrogen-bond donors (Lipinski definition) is 1. The minimum Gasteiger partial charge on any atom is -0.354 e. The van der Waals surface area contributed by atoms with Crippen LogP contribution in [0.4, 0.5) is 0 Å². The molecule has 0 aliphatic carbocycles. The maximum absolute atomic E-state index is 12.4. The van der Waals surface area contributed by atoms with Gasteiger partial charge in [-0.1, -0.05) is 11.6 Å². The third kappa shape index (κ3) is 2.71. The van der Waals surface area contributed by atoms with Crippen LogP contribution in [-0.4, -0.2) is 38.3 Å². The van der Waals surface area contributed by atoms with Crippen molar-refractivity contribution in [1.29, 1.82) is 5.26 Å². The Morgan fingerprint density at radius 1 is 1.42 bits per heavy atom. The molecule has 0 bridgehead atoms. The van der Waals surface area contributed by atoms with Crippen molar-refractivity contribution in [1.82, 2.24) is 9.62 Å². The Labute approximate surface area is 115 Å². The van der Waals surface area contributed by atoms with Gasteiger partial charge in [0.2, 0.25) is 15.9 Å². The van der Waals surface area contributed by atoms with Gasteiger partial charge in [0.05, 0.1) is 12.1 Å². The molecule has 0 spiro atoms. The van der Waals surface area contributed by atoms with E-state index in [1.165, 1.54) is 18.2 Å². The lowest BCUT2D eigenvalue weighted by Gasteiger charge is -2.26. The number of amides is 1. The lowest BCUT2D eigenvalue weighted by molar-refractivity contribution is -0.122. The molecule has 0 aromatic heterocycles. The molecular weight excluding hydrogens is 290 g/mol. The van der Waals surface area contributed by atoms with E-state index in [2.05, 4.69) is 5.32 Å². The first-order valence-corrected chi connectivity index (χ1v) is 7.23. The maximum Gasteiger partial charge on any atom is 0.244 e. The molecule has 1 saturated heterocycles. The Kier molecular flexibility index (Phi) is 3.75. The molecule has 0 unspecified atom stereocenters. The number of nitrogens with zero attached hydrogens (tertiary/aromatic N) is 2. The zero-order chi connectivity index (χ0) is 14.0. The highest BCUT2D eigenvalue weighted by molar-refractivity contribution is 7.89. The van der Waals surface area contributed by atoms with Crippen molar-refractivity contribution >= 4 is 27.5 Å². The van der Waals surface area contributed by atoms with Gasteiger partial charge in [-0.15, -0.1) is 0 Å². The van der Waals surface area contributed by atoms with E-state index >= 15 is 0 Å². The van der Waals surface area contributed by atoms with Gasteiger partial charge in [-0.05, 0) is 18.2 Å². The number of carbonyl (C=O) groups excluding carboxylic acids is 1. The van der Waals surface area contributed by atoms with Crippen molar-refractivity contribution in [3.63, 3.8) is 0 Å². The van der Waals surface area contributed by atoms with E-state index in [0.717, 1.165) is 4.31 Å². The molecule has 8 heteroatoms. The van der Waals surface area contributed by atoms with Crippen LogP contribution in [0.1, 0.15) is 5.56 Å². The number of nitriles is 1. The molecule has 1 N–H and O–H groups in total. The second-order valence-corrected chi connectivity index (χ2v) is 6.28. The third-order valence-electron chi connectivity index (χ3n) is 2.69. The van der Waals surface area contributed by atoms with Gasteiger partial charge in [0.1, 0.15) is 11.0 Å². The molecule has 1 heterocycles. The summed E-state index contributed by atoms with van der Waals surface area (Å²) in [6.45, 7) is 0.172. The average molecular weight is 300 g/mol. The number of rotatable bonds is 2. The van der Waals surface area contributed by atoms with Crippen LogP contribution in [0, 0.1) is 11.3 Å². The quantitative estimate of drug-likeness (QED) is 0.852. The number of carbonyl (C=O) groups is 1. The molecule has 6 nitrogen and oxygen atoms in total. The predicted octanol–water partition coefficient (Wildman–Crippen LogP) is 0.332. The zero-order valence-corrected chi connectivity index (χ0v) is 11.3. The number of halogens is 1. The van der Waals surface area contributed by atoms with Crippen molar-refractivity contribution in [2.75, 3.05) is 19.6 Å². The second-order valence-electron chi connectivity index (χ2n) is 3.94. The van der Waals surface area contributed by atoms with Crippen LogP contribution in [0.25, 0.3) is 0 Å². The molecule has 0 radical (unpaired) electrons. The highest BCUT2D eigenvalue weighted by Crippen LogP contribution is 2.24. The lowest BCUT2D eigenvalue weighted by Crippen LogP contribution is -2.49. The fourth-order valence-corrected chi connectivity index (χ4v) is 3.56. The number of sulfonamides is 1. The maximum atomic E-state index is 12.4. The molecule has 100 valence electrons. The van der Waals surface area contributed by atoms with Crippen LogP contribution < -0.4 is 5.32 Å². The molecule has 1 aliphatic rings. The van der Waals surface area contributed by atoms with Crippen molar-refractivity contribution < 1.29 is 13.2 Å². The van der Waals surface area contributed by atoms with Gasteiger partial charge < -0.3 is 5.32 Å². The largest absolute Gasteiger partial charge is 0.354 e. The second kappa shape index (κ2) is 5.17. The van der Waals surface area contributed by atoms with E-state index in [9.17, 15) is 13.2 Å². The highest BCUT2D eigenvalue weighted by atomic mass is 35.5. The van der Waals surface area contributed by atoms with Crippen LogP contribution >= 0.6 is 11.6 Å². The molecule has 1 aliphatic heterocycles. The van der Waals surface area contributed by atoms with E-state index in [-0.39, 0.29) is 41.0 Å². The summed E-state index contributed by atoms with van der Waals surface area (Å²) in [5.74, 6) is -0.365. The number of hydrogen-bond acceptors (Lipinski definition) is 4. The van der Waals surface area contributed by atoms with Gasteiger partial charge in [-0.3, -0.25) is 4.79 Å². The minimum atomic E-state index is -3.89. The van der Waals surface area contributed by atoms with Gasteiger partial charge in [0.25, 0.3) is 0 Å². The smallest absolute Gasteiger partial charge is 0.244 e. The first-order valence-electron chi connectivity index (χ1n) is 5.41. The molecule has 0 atom stereocenters. The van der Waals surface area contributed by atoms with E-state index in [0.29, 0.717) is 0 Å². The molecule has 1 aromatic rings. The first kappa shape index (κ1) is 13.8. The SMILES string of the molecule is N#Cc1ccc(Cl)cc1S(=O)(=O)N1CCNC(=O)C1. The summed E-state index contributed by atoms with van der Waals surface area (Å²) in [6.07, 6.45) is 0. The minimum absolute atomic E-state index is 0.00961. The molecule has 1 aromatic carbocycles. The van der Waals surface area contributed by atoms with E-state index in [1.807, 2.05) is 6.07 Å². The van der Waals surface area contributed by atoms with E-state index < -0.39 is 10.0 Å². The Morgan fingerprint density at radius 2 is 2.16 bits per heavy atom. The monoisotopic (exact) mass is 299 g/mol. The van der Waals surface area contributed by atoms with Gasteiger partial charge in [-0.25, -0.2) is 8.42 Å². The van der Waals surface area contributed by atoms with Crippen molar-refractivity contribution in [3.8, 4) is 6.07 Å². The van der Waals surface area contributed by atoms with Crippen LogP contribution in [0.15, 0.2) is 23.1 Å². The summed E-state index contributed by atoms with van der Waals surface area (Å²) in [5.41, 5.74) is 0.00961. The topological polar surface area (TPSA) is 90.3 Å². The molecule has 19 heavy (non-hydrogen) atoms. The summed E-state index contributed by atoms with van der Waals surface area (Å²) in [4.78, 5) is 11.1. The summed E-state index contributed by atoms with van der Waals surface area (Å²) >= 11 is 5.78. The van der Waals surface area contributed by atoms with Crippen molar-refractivity contribution in [2.45, 2.75) is 4.90 Å². The fraction of sp³-hybridized carbons (Fsp3) is 0.273. The number of benzene rings is 1. The van der Waals surface area contributed by atoms with E-state index in [4.69, 9.17) is 16.9 Å². The predicted molar refractivity (Wildman–Crippen MR) is 67.9 cm³/mol. The summed E-state index contributed by atoms with van der Waals surface area (Å²) in [7, 11) is -3.89. The molecule has 1 amide bonds. The highest BCUT2D eigenvalue weighted by Gasteiger charge is 2.31. The molecule has 0 saturated carbocycles. The van der Waals surface area contributed by atoms with Crippen LogP contribution in [-0.2, 0) is 14.8 Å². The standard InChI is InChI=1S/C11H10ClN3O3S/c12-9-2-1-8(6-13)10(5-9)19(17,18)15-4-3-14-11(16)7-15/h1-2,5H,3-4,7H2,(H,14,16). The Bertz CT molecular complexity index is 666. The zero-order valence-electron chi connectivity index (χ0n) is 9.76. The Morgan fingerprint density at radius 3 is 2.79 bits per heavy atom.